The molecule has 11 unspecified atom stereocenters. The van der Waals surface area contributed by atoms with Crippen molar-refractivity contribution in [1.29, 1.82) is 0 Å². The van der Waals surface area contributed by atoms with Gasteiger partial charge in [-0.3, -0.25) is 14.4 Å². The first-order chi connectivity index (χ1) is 22.1. The molecule has 5 rings (SSSR count). The maximum atomic E-state index is 12.4. The van der Waals surface area contributed by atoms with Crippen molar-refractivity contribution in [2.45, 2.75) is 102 Å². The van der Waals surface area contributed by atoms with E-state index in [0.29, 0.717) is 0 Å². The number of hydrogen-bond donors (Lipinski definition) is 0. The second-order valence-electron chi connectivity index (χ2n) is 11.2. The van der Waals surface area contributed by atoms with Gasteiger partial charge in [-0.15, -0.1) is 0 Å². The van der Waals surface area contributed by atoms with Gasteiger partial charge in [0.15, 0.2) is 37.2 Å². The Hall–Kier alpha value is -3.43. The summed E-state index contributed by atoms with van der Waals surface area (Å²) in [6.45, 7) is 5.58. The minimum absolute atomic E-state index is 0.148. The lowest BCUT2D eigenvalue weighted by Crippen LogP contribution is -2.67. The standard InChI is InChI=1S/C33H40O13/c1-18-25(41-19(2)34)27(42-20(3)35)30(43-21(4)36)33(40-18)46-28-26-24(17-39-31(45-26)23-14-10-7-11-15-23)44-32(37-5)29(28)38-16-22-12-8-6-9-13-22/h6-15,18,24-33H,16-17H2,1-5H3. The monoisotopic (exact) mass is 644 g/mol. The van der Waals surface area contributed by atoms with Crippen molar-refractivity contribution in [3.8, 4) is 0 Å². The van der Waals surface area contributed by atoms with Gasteiger partial charge in [0.25, 0.3) is 0 Å². The van der Waals surface area contributed by atoms with Crippen molar-refractivity contribution < 1.29 is 61.8 Å². The Morgan fingerprint density at radius 1 is 0.717 bits per heavy atom. The molecule has 0 aromatic heterocycles. The van der Waals surface area contributed by atoms with Gasteiger partial charge in [0.05, 0.1) is 19.3 Å². The number of rotatable bonds is 10. The van der Waals surface area contributed by atoms with Crippen molar-refractivity contribution in [2.24, 2.45) is 0 Å². The van der Waals surface area contributed by atoms with E-state index < -0.39 is 85.6 Å². The molecule has 0 amide bonds. The Bertz CT molecular complexity index is 1300. The maximum absolute atomic E-state index is 12.4. The molecule has 2 aromatic rings. The first-order valence-electron chi connectivity index (χ1n) is 15.1. The molecule has 13 heteroatoms. The van der Waals surface area contributed by atoms with Crippen LogP contribution in [0, 0.1) is 0 Å². The summed E-state index contributed by atoms with van der Waals surface area (Å²) in [6.07, 6.45) is -10.7. The summed E-state index contributed by atoms with van der Waals surface area (Å²) in [6, 6.07) is 18.9. The van der Waals surface area contributed by atoms with Crippen LogP contribution in [0.15, 0.2) is 60.7 Å². The predicted molar refractivity (Wildman–Crippen MR) is 157 cm³/mol. The van der Waals surface area contributed by atoms with Crippen molar-refractivity contribution in [3.05, 3.63) is 71.8 Å². The Kier molecular flexibility index (Phi) is 11.4. The van der Waals surface area contributed by atoms with Gasteiger partial charge in [0.2, 0.25) is 0 Å². The lowest BCUT2D eigenvalue weighted by atomic mass is 9.95. The van der Waals surface area contributed by atoms with E-state index in [1.54, 1.807) is 6.92 Å². The van der Waals surface area contributed by atoms with Crippen LogP contribution in [0.4, 0.5) is 0 Å². The van der Waals surface area contributed by atoms with E-state index in [2.05, 4.69) is 0 Å². The molecule has 11 atom stereocenters. The first-order valence-corrected chi connectivity index (χ1v) is 15.1. The molecule has 46 heavy (non-hydrogen) atoms. The number of fused-ring (bicyclic) bond motifs is 1. The first kappa shape index (κ1) is 33.9. The Balaban J connectivity index is 1.50. The minimum atomic E-state index is -1.33. The summed E-state index contributed by atoms with van der Waals surface area (Å²) in [4.78, 5) is 36.6. The zero-order valence-corrected chi connectivity index (χ0v) is 26.3. The van der Waals surface area contributed by atoms with Crippen molar-refractivity contribution in [1.82, 2.24) is 0 Å². The number of benzene rings is 2. The highest BCUT2D eigenvalue weighted by Gasteiger charge is 2.56. The smallest absolute Gasteiger partial charge is 0.303 e. The highest BCUT2D eigenvalue weighted by molar-refractivity contribution is 5.68. The second kappa shape index (κ2) is 15.4. The van der Waals surface area contributed by atoms with Crippen molar-refractivity contribution in [2.75, 3.05) is 13.7 Å². The summed E-state index contributed by atoms with van der Waals surface area (Å²) in [5.74, 6) is -2.01. The quantitative estimate of drug-likeness (QED) is 0.276. The fourth-order valence-electron chi connectivity index (χ4n) is 5.85. The number of carbonyl (C=O) groups is 3. The van der Waals surface area contributed by atoms with E-state index in [1.165, 1.54) is 27.9 Å². The van der Waals surface area contributed by atoms with Crippen LogP contribution in [0.5, 0.6) is 0 Å². The topological polar surface area (TPSA) is 144 Å². The molecule has 3 saturated heterocycles. The maximum Gasteiger partial charge on any atom is 0.303 e. The molecule has 0 saturated carbocycles. The zero-order chi connectivity index (χ0) is 32.8. The van der Waals surface area contributed by atoms with Crippen LogP contribution in [-0.2, 0) is 68.4 Å². The van der Waals surface area contributed by atoms with Crippen LogP contribution in [0.25, 0.3) is 0 Å². The molecular weight excluding hydrogens is 604 g/mol. The lowest BCUT2D eigenvalue weighted by molar-refractivity contribution is -0.393. The van der Waals surface area contributed by atoms with Gasteiger partial charge in [-0.2, -0.15) is 0 Å². The van der Waals surface area contributed by atoms with Gasteiger partial charge in [-0.1, -0.05) is 60.7 Å². The largest absolute Gasteiger partial charge is 0.456 e. The molecule has 3 aliphatic heterocycles. The van der Waals surface area contributed by atoms with Crippen molar-refractivity contribution in [3.63, 3.8) is 0 Å². The third-order valence-electron chi connectivity index (χ3n) is 7.80. The number of esters is 3. The SMILES string of the molecule is COC1OC2COC(c3ccccc3)OC2C(OC2OC(C)C(OC(C)=O)C(OC(C)=O)C2OC(C)=O)C1OCc1ccccc1. The van der Waals surface area contributed by atoms with Crippen LogP contribution in [0.1, 0.15) is 45.1 Å². The van der Waals surface area contributed by atoms with Gasteiger partial charge in [0.1, 0.15) is 24.4 Å². The number of carbonyl (C=O) groups excluding carboxylic acids is 3. The molecule has 3 fully saturated rings. The summed E-state index contributed by atoms with van der Waals surface area (Å²) in [5, 5.41) is 0. The summed E-state index contributed by atoms with van der Waals surface area (Å²) < 4.78 is 60.5. The highest BCUT2D eigenvalue weighted by atomic mass is 16.8. The fraction of sp³-hybridized carbons (Fsp3) is 0.545. The van der Waals surface area contributed by atoms with E-state index in [4.69, 9.17) is 47.4 Å². The predicted octanol–water partition coefficient (Wildman–Crippen LogP) is 2.98. The molecule has 13 nitrogen and oxygen atoms in total. The summed E-state index contributed by atoms with van der Waals surface area (Å²) in [7, 11) is 1.49. The van der Waals surface area contributed by atoms with Crippen LogP contribution in [0.3, 0.4) is 0 Å². The third-order valence-corrected chi connectivity index (χ3v) is 7.80. The summed E-state index contributed by atoms with van der Waals surface area (Å²) in [5.41, 5.74) is 1.68. The molecule has 0 N–H and O–H groups in total. The average molecular weight is 645 g/mol. The molecule has 250 valence electrons. The average Bonchev–Trinajstić information content (AvgIpc) is 3.03. The fourth-order valence-corrected chi connectivity index (χ4v) is 5.85. The Labute approximate surface area is 267 Å². The van der Waals surface area contributed by atoms with Gasteiger partial charge >= 0.3 is 17.9 Å². The van der Waals surface area contributed by atoms with Gasteiger partial charge in [0, 0.05) is 33.4 Å². The van der Waals surface area contributed by atoms with Crippen LogP contribution < -0.4 is 0 Å². The Morgan fingerprint density at radius 2 is 1.33 bits per heavy atom. The van der Waals surface area contributed by atoms with Crippen LogP contribution in [0.2, 0.25) is 0 Å². The highest BCUT2D eigenvalue weighted by Crippen LogP contribution is 2.39. The third kappa shape index (κ3) is 8.10. The van der Waals surface area contributed by atoms with E-state index in [-0.39, 0.29) is 13.2 Å². The van der Waals surface area contributed by atoms with Gasteiger partial charge < -0.3 is 47.4 Å². The second-order valence-corrected chi connectivity index (χ2v) is 11.2. The van der Waals surface area contributed by atoms with Gasteiger partial charge in [-0.25, -0.2) is 0 Å². The number of ether oxygens (including phenoxy) is 10. The zero-order valence-electron chi connectivity index (χ0n) is 26.3. The Morgan fingerprint density at radius 3 is 1.96 bits per heavy atom. The van der Waals surface area contributed by atoms with Crippen molar-refractivity contribution >= 4 is 17.9 Å². The van der Waals surface area contributed by atoms with E-state index >= 15 is 0 Å². The lowest BCUT2D eigenvalue weighted by Gasteiger charge is -2.51. The molecule has 0 radical (unpaired) electrons. The molecule has 0 aliphatic carbocycles. The summed E-state index contributed by atoms with van der Waals surface area (Å²) >= 11 is 0. The molecule has 3 heterocycles. The van der Waals surface area contributed by atoms with Crippen LogP contribution >= 0.6 is 0 Å². The number of hydrogen-bond acceptors (Lipinski definition) is 13. The minimum Gasteiger partial charge on any atom is -0.456 e. The molecule has 0 bridgehead atoms. The van der Waals surface area contributed by atoms with Gasteiger partial charge in [-0.05, 0) is 12.5 Å². The molecular formula is C33H40O13. The normalized spacial score (nSPS) is 34.2. The van der Waals surface area contributed by atoms with Crippen LogP contribution in [-0.4, -0.2) is 93.0 Å². The van der Waals surface area contributed by atoms with E-state index in [1.807, 2.05) is 60.7 Å². The van der Waals surface area contributed by atoms with E-state index in [0.717, 1.165) is 11.1 Å². The number of methoxy groups -OCH3 is 1. The molecule has 3 aliphatic rings. The molecule has 0 spiro atoms. The van der Waals surface area contributed by atoms with E-state index in [9.17, 15) is 14.4 Å². The molecule has 2 aromatic carbocycles.